The van der Waals surface area contributed by atoms with E-state index in [2.05, 4.69) is 9.69 Å². The van der Waals surface area contributed by atoms with Crippen LogP contribution in [0.1, 0.15) is 11.1 Å². The lowest BCUT2D eigenvalue weighted by Gasteiger charge is -2.05. The average molecular weight is 218 g/mol. The Balaban J connectivity index is 2.40. The fourth-order valence-electron chi connectivity index (χ4n) is 1.74. The van der Waals surface area contributed by atoms with E-state index in [1.165, 1.54) is 0 Å². The molecule has 0 heterocycles. The normalized spacial score (nSPS) is 9.29. The molecule has 0 aliphatic carbocycles. The highest BCUT2D eigenvalue weighted by atomic mass is 14.7. The third-order valence-corrected chi connectivity index (χ3v) is 2.61. The first kappa shape index (κ1) is 10.9. The van der Waals surface area contributed by atoms with Crippen molar-refractivity contribution in [3.8, 4) is 0 Å². The minimum Gasteiger partial charge on any atom is -0.238 e. The summed E-state index contributed by atoms with van der Waals surface area (Å²) < 4.78 is 0. The summed E-state index contributed by atoms with van der Waals surface area (Å²) in [4.78, 5) is 6.99. The molecule has 80 valence electrons. The van der Waals surface area contributed by atoms with Gasteiger partial charge in [-0.1, -0.05) is 48.5 Å². The molecule has 0 fully saturated rings. The fourth-order valence-corrected chi connectivity index (χ4v) is 1.74. The van der Waals surface area contributed by atoms with Crippen molar-refractivity contribution in [3.63, 3.8) is 0 Å². The second-order valence-corrected chi connectivity index (χ2v) is 3.66. The molecule has 0 N–H and O–H groups in total. The van der Waals surface area contributed by atoms with Crippen molar-refractivity contribution in [2.75, 3.05) is 0 Å². The van der Waals surface area contributed by atoms with Gasteiger partial charge in [0.05, 0.1) is 13.1 Å². The SMILES string of the molecule is [C-]#[N+]c1ccccc1Cc1ccccc1[N+]#[C-]. The molecule has 0 saturated heterocycles. The quantitative estimate of drug-likeness (QED) is 0.661. The van der Waals surface area contributed by atoms with Crippen LogP contribution in [0.2, 0.25) is 0 Å². The topological polar surface area (TPSA) is 8.72 Å². The van der Waals surface area contributed by atoms with Crippen molar-refractivity contribution in [3.05, 3.63) is 82.5 Å². The van der Waals surface area contributed by atoms with E-state index in [1.54, 1.807) is 0 Å². The maximum Gasteiger partial charge on any atom is 0.190 e. The number of hydrogen-bond acceptors (Lipinski definition) is 0. The van der Waals surface area contributed by atoms with Gasteiger partial charge in [-0.15, -0.1) is 0 Å². The molecular formula is C15H10N2. The van der Waals surface area contributed by atoms with E-state index in [0.717, 1.165) is 11.1 Å². The number of para-hydroxylation sites is 2. The molecule has 2 nitrogen and oxygen atoms in total. The van der Waals surface area contributed by atoms with Gasteiger partial charge in [-0.3, -0.25) is 0 Å². The largest absolute Gasteiger partial charge is 0.238 e. The minimum atomic E-state index is 0.636. The predicted molar refractivity (Wildman–Crippen MR) is 68.2 cm³/mol. The lowest BCUT2D eigenvalue weighted by molar-refractivity contribution is 1.21. The zero-order valence-electron chi connectivity index (χ0n) is 9.22. The van der Waals surface area contributed by atoms with Gasteiger partial charge < -0.3 is 0 Å². The molecule has 0 bridgehead atoms. The highest BCUT2D eigenvalue weighted by molar-refractivity contribution is 5.58. The molecule has 0 atom stereocenters. The van der Waals surface area contributed by atoms with Gasteiger partial charge in [0, 0.05) is 0 Å². The average Bonchev–Trinajstić information content (AvgIpc) is 2.40. The van der Waals surface area contributed by atoms with Gasteiger partial charge in [0.1, 0.15) is 0 Å². The Morgan fingerprint density at radius 3 is 1.53 bits per heavy atom. The smallest absolute Gasteiger partial charge is 0.190 e. The molecular weight excluding hydrogens is 208 g/mol. The van der Waals surface area contributed by atoms with E-state index in [9.17, 15) is 0 Å². The maximum atomic E-state index is 7.11. The van der Waals surface area contributed by atoms with E-state index in [4.69, 9.17) is 13.1 Å². The molecule has 0 aliphatic rings. The molecule has 2 heteroatoms. The van der Waals surface area contributed by atoms with Gasteiger partial charge in [-0.25, -0.2) is 9.69 Å². The van der Waals surface area contributed by atoms with Gasteiger partial charge in [0.25, 0.3) is 0 Å². The second kappa shape index (κ2) is 4.96. The lowest BCUT2D eigenvalue weighted by Crippen LogP contribution is -1.88. The summed E-state index contributed by atoms with van der Waals surface area (Å²) in [6, 6.07) is 15.1. The van der Waals surface area contributed by atoms with Gasteiger partial charge in [0.15, 0.2) is 11.4 Å². The van der Waals surface area contributed by atoms with Gasteiger partial charge >= 0.3 is 0 Å². The van der Waals surface area contributed by atoms with Crippen LogP contribution in [0, 0.1) is 13.1 Å². The van der Waals surface area contributed by atoms with E-state index in [0.29, 0.717) is 17.8 Å². The van der Waals surface area contributed by atoms with Crippen molar-refractivity contribution >= 4 is 11.4 Å². The number of hydrogen-bond donors (Lipinski definition) is 0. The van der Waals surface area contributed by atoms with E-state index >= 15 is 0 Å². The highest BCUT2D eigenvalue weighted by Crippen LogP contribution is 2.26. The van der Waals surface area contributed by atoms with Crippen molar-refractivity contribution in [2.45, 2.75) is 6.42 Å². The summed E-state index contributed by atoms with van der Waals surface area (Å²) in [6.07, 6.45) is 0.636. The molecule has 0 aliphatic heterocycles. The van der Waals surface area contributed by atoms with Crippen LogP contribution in [-0.2, 0) is 6.42 Å². The van der Waals surface area contributed by atoms with Crippen LogP contribution >= 0.6 is 0 Å². The second-order valence-electron chi connectivity index (χ2n) is 3.66. The first-order valence-corrected chi connectivity index (χ1v) is 5.26. The summed E-state index contributed by atoms with van der Waals surface area (Å²) in [6.45, 7) is 14.2. The zero-order chi connectivity index (χ0) is 12.1. The third-order valence-electron chi connectivity index (χ3n) is 2.61. The summed E-state index contributed by atoms with van der Waals surface area (Å²) in [5.41, 5.74) is 3.26. The Kier molecular flexibility index (Phi) is 3.19. The number of benzene rings is 2. The Hall–Kier alpha value is -2.58. The van der Waals surface area contributed by atoms with Crippen LogP contribution in [0.25, 0.3) is 9.69 Å². The fraction of sp³-hybridized carbons (Fsp3) is 0.0667. The Labute approximate surface area is 101 Å². The van der Waals surface area contributed by atoms with Crippen LogP contribution in [-0.4, -0.2) is 0 Å². The molecule has 0 saturated carbocycles. The molecule has 0 spiro atoms. The van der Waals surface area contributed by atoms with Crippen LogP contribution in [0.4, 0.5) is 11.4 Å². The summed E-state index contributed by atoms with van der Waals surface area (Å²) in [7, 11) is 0. The zero-order valence-corrected chi connectivity index (χ0v) is 9.22. The standard InChI is InChI=1S/C15H10N2/c1-16-14-9-5-3-7-12(14)11-13-8-4-6-10-15(13)17-2/h3-10H,11H2. The van der Waals surface area contributed by atoms with Crippen molar-refractivity contribution in [1.82, 2.24) is 0 Å². The predicted octanol–water partition coefficient (Wildman–Crippen LogP) is 4.38. The first-order chi connectivity index (χ1) is 8.35. The van der Waals surface area contributed by atoms with Crippen molar-refractivity contribution in [2.24, 2.45) is 0 Å². The maximum absolute atomic E-state index is 7.11. The summed E-state index contributed by atoms with van der Waals surface area (Å²) in [5.74, 6) is 0. The monoisotopic (exact) mass is 218 g/mol. The minimum absolute atomic E-state index is 0.636. The van der Waals surface area contributed by atoms with Gasteiger partial charge in [-0.05, 0) is 17.5 Å². The lowest BCUT2D eigenvalue weighted by atomic mass is 10.0. The van der Waals surface area contributed by atoms with Crippen LogP contribution in [0.3, 0.4) is 0 Å². The summed E-state index contributed by atoms with van der Waals surface area (Å²) in [5, 5.41) is 0. The van der Waals surface area contributed by atoms with Crippen molar-refractivity contribution < 1.29 is 0 Å². The molecule has 0 aromatic heterocycles. The highest BCUT2D eigenvalue weighted by Gasteiger charge is 2.05. The van der Waals surface area contributed by atoms with E-state index in [-0.39, 0.29) is 0 Å². The molecule has 0 amide bonds. The molecule has 17 heavy (non-hydrogen) atoms. The van der Waals surface area contributed by atoms with Gasteiger partial charge in [-0.2, -0.15) is 0 Å². The number of rotatable bonds is 2. The summed E-state index contributed by atoms with van der Waals surface area (Å²) >= 11 is 0. The molecule has 2 aromatic rings. The van der Waals surface area contributed by atoms with Crippen molar-refractivity contribution in [1.29, 1.82) is 0 Å². The van der Waals surface area contributed by atoms with Gasteiger partial charge in [0.2, 0.25) is 0 Å². The number of nitrogens with zero attached hydrogens (tertiary/aromatic N) is 2. The Morgan fingerprint density at radius 2 is 1.12 bits per heavy atom. The first-order valence-electron chi connectivity index (χ1n) is 5.26. The molecule has 2 rings (SSSR count). The van der Waals surface area contributed by atoms with E-state index in [1.807, 2.05) is 48.5 Å². The molecule has 0 radical (unpaired) electrons. The molecule has 2 aromatic carbocycles. The van der Waals surface area contributed by atoms with Crippen LogP contribution < -0.4 is 0 Å². The van der Waals surface area contributed by atoms with Crippen LogP contribution in [0.5, 0.6) is 0 Å². The van der Waals surface area contributed by atoms with E-state index < -0.39 is 0 Å². The Bertz CT molecular complexity index is 560. The molecule has 0 unspecified atom stereocenters. The third kappa shape index (κ3) is 2.33. The van der Waals surface area contributed by atoms with Crippen LogP contribution in [0.15, 0.2) is 48.5 Å². The Morgan fingerprint density at radius 1 is 0.706 bits per heavy atom.